The van der Waals surface area contributed by atoms with E-state index in [0.717, 1.165) is 16.9 Å². The van der Waals surface area contributed by atoms with Gasteiger partial charge in [0, 0.05) is 28.3 Å². The van der Waals surface area contributed by atoms with Crippen molar-refractivity contribution in [3.63, 3.8) is 0 Å². The summed E-state index contributed by atoms with van der Waals surface area (Å²) < 4.78 is 19.9. The van der Waals surface area contributed by atoms with Gasteiger partial charge in [-0.3, -0.25) is 4.79 Å². The molecule has 2 aromatic carbocycles. The van der Waals surface area contributed by atoms with Crippen LogP contribution in [0.1, 0.15) is 43.0 Å². The Labute approximate surface area is 168 Å². The van der Waals surface area contributed by atoms with E-state index in [1.807, 2.05) is 32.9 Å². The molecule has 2 aromatic rings. The molecule has 27 heavy (non-hydrogen) atoms. The molecule has 1 atom stereocenters. The van der Waals surface area contributed by atoms with Crippen LogP contribution < -0.4 is 10.1 Å². The zero-order chi connectivity index (χ0) is 19.6. The molecule has 0 fully saturated rings. The first-order valence-corrected chi connectivity index (χ1v) is 10.4. The van der Waals surface area contributed by atoms with Gasteiger partial charge in [-0.15, -0.1) is 11.8 Å². The number of aryl methyl sites for hydroxylation is 1. The lowest BCUT2D eigenvalue weighted by atomic mass is 9.89. The predicted molar refractivity (Wildman–Crippen MR) is 109 cm³/mol. The average molecular weight is 408 g/mol. The van der Waals surface area contributed by atoms with Gasteiger partial charge in [0.2, 0.25) is 5.91 Å². The number of nitrogens with one attached hydrogen (secondary N) is 1. The summed E-state index contributed by atoms with van der Waals surface area (Å²) in [5, 5.41) is 3.49. The average Bonchev–Trinajstić information content (AvgIpc) is 2.57. The van der Waals surface area contributed by atoms with Crippen molar-refractivity contribution < 1.29 is 13.9 Å². The molecule has 0 aromatic heterocycles. The number of fused-ring (bicyclic) bond motifs is 1. The van der Waals surface area contributed by atoms with Crippen LogP contribution in [0.2, 0.25) is 5.02 Å². The van der Waals surface area contributed by atoms with Crippen LogP contribution >= 0.6 is 23.4 Å². The van der Waals surface area contributed by atoms with Crippen LogP contribution in [0.25, 0.3) is 0 Å². The minimum absolute atomic E-state index is 0.0809. The van der Waals surface area contributed by atoms with Gasteiger partial charge in [0.1, 0.15) is 17.2 Å². The molecule has 0 saturated heterocycles. The van der Waals surface area contributed by atoms with Crippen molar-refractivity contribution in [2.24, 2.45) is 0 Å². The molecule has 1 amide bonds. The van der Waals surface area contributed by atoms with Gasteiger partial charge in [0.25, 0.3) is 0 Å². The van der Waals surface area contributed by atoms with E-state index < -0.39 is 0 Å². The lowest BCUT2D eigenvalue weighted by molar-refractivity contribution is -0.119. The van der Waals surface area contributed by atoms with Gasteiger partial charge in [0.15, 0.2) is 0 Å². The van der Waals surface area contributed by atoms with Crippen molar-refractivity contribution in [2.45, 2.75) is 44.6 Å². The Morgan fingerprint density at radius 2 is 2.15 bits per heavy atom. The molecule has 1 N–H and O–H groups in total. The Kier molecular flexibility index (Phi) is 6.02. The minimum atomic E-state index is -0.353. The summed E-state index contributed by atoms with van der Waals surface area (Å²) in [6.07, 6.45) is 0.693. The van der Waals surface area contributed by atoms with E-state index in [2.05, 4.69) is 11.4 Å². The van der Waals surface area contributed by atoms with Crippen molar-refractivity contribution in [1.29, 1.82) is 0 Å². The number of benzene rings is 2. The number of ether oxygens (including phenoxy) is 1. The van der Waals surface area contributed by atoms with E-state index in [1.165, 1.54) is 17.8 Å². The molecule has 0 bridgehead atoms. The van der Waals surface area contributed by atoms with Gasteiger partial charge >= 0.3 is 0 Å². The standard InChI is InChI=1S/C21H23ClFNO2S/c1-13-7-8-19-14(9-13)18(10-21(2,3)26-19)24-20(25)12-27-11-15-16(22)5-4-6-17(15)23/h4-9,18H,10-12H2,1-3H3,(H,24,25)/t18-/m0/s1. The number of carbonyl (C=O) groups excluding carboxylic acids is 1. The molecule has 0 spiro atoms. The fourth-order valence-electron chi connectivity index (χ4n) is 3.25. The Bertz CT molecular complexity index is 836. The van der Waals surface area contributed by atoms with Crippen LogP contribution in [-0.2, 0) is 10.5 Å². The second-order valence-electron chi connectivity index (χ2n) is 7.42. The van der Waals surface area contributed by atoms with E-state index >= 15 is 0 Å². The topological polar surface area (TPSA) is 38.3 Å². The summed E-state index contributed by atoms with van der Waals surface area (Å²) in [5.41, 5.74) is 2.21. The number of carbonyl (C=O) groups is 1. The van der Waals surface area contributed by atoms with Crippen LogP contribution in [0.5, 0.6) is 5.75 Å². The number of hydrogen-bond acceptors (Lipinski definition) is 3. The summed E-state index contributed by atoms with van der Waals surface area (Å²) in [6.45, 7) is 6.06. The minimum Gasteiger partial charge on any atom is -0.487 e. The fraction of sp³-hybridized carbons (Fsp3) is 0.381. The smallest absolute Gasteiger partial charge is 0.230 e. The maximum absolute atomic E-state index is 13.8. The molecule has 3 rings (SSSR count). The third-order valence-electron chi connectivity index (χ3n) is 4.50. The quantitative estimate of drug-likeness (QED) is 0.717. The normalized spacial score (nSPS) is 17.7. The second kappa shape index (κ2) is 8.11. The first-order valence-electron chi connectivity index (χ1n) is 8.85. The van der Waals surface area contributed by atoms with Crippen molar-refractivity contribution in [3.8, 4) is 5.75 Å². The van der Waals surface area contributed by atoms with Crippen molar-refractivity contribution in [3.05, 3.63) is 63.9 Å². The summed E-state index contributed by atoms with van der Waals surface area (Å²) in [6, 6.07) is 10.5. The lowest BCUT2D eigenvalue weighted by Gasteiger charge is -2.38. The first-order chi connectivity index (χ1) is 12.7. The Morgan fingerprint density at radius 3 is 2.89 bits per heavy atom. The Hall–Kier alpha value is -1.72. The molecule has 3 nitrogen and oxygen atoms in total. The van der Waals surface area contributed by atoms with Crippen LogP contribution in [0.4, 0.5) is 4.39 Å². The molecule has 6 heteroatoms. The molecule has 0 radical (unpaired) electrons. The van der Waals surface area contributed by atoms with Gasteiger partial charge in [-0.05, 0) is 39.0 Å². The summed E-state index contributed by atoms with van der Waals surface area (Å²) >= 11 is 7.38. The highest BCUT2D eigenvalue weighted by molar-refractivity contribution is 7.99. The van der Waals surface area contributed by atoms with Crippen molar-refractivity contribution in [1.82, 2.24) is 5.32 Å². The number of halogens is 2. The van der Waals surface area contributed by atoms with Crippen LogP contribution in [0, 0.1) is 12.7 Å². The molecule has 144 valence electrons. The molecule has 0 saturated carbocycles. The van der Waals surface area contributed by atoms with Crippen LogP contribution in [-0.4, -0.2) is 17.3 Å². The highest BCUT2D eigenvalue weighted by Crippen LogP contribution is 2.39. The molecule has 1 heterocycles. The molecule has 0 unspecified atom stereocenters. The Morgan fingerprint density at radius 1 is 1.37 bits per heavy atom. The van der Waals surface area contributed by atoms with E-state index in [-0.39, 0.29) is 29.1 Å². The largest absolute Gasteiger partial charge is 0.487 e. The van der Waals surface area contributed by atoms with Crippen molar-refractivity contribution in [2.75, 3.05) is 5.75 Å². The summed E-state index contributed by atoms with van der Waals surface area (Å²) in [7, 11) is 0. The van der Waals surface area contributed by atoms with Gasteiger partial charge in [-0.25, -0.2) is 4.39 Å². The maximum atomic E-state index is 13.8. The zero-order valence-electron chi connectivity index (χ0n) is 15.6. The number of rotatable bonds is 5. The van der Waals surface area contributed by atoms with Gasteiger partial charge in [0.05, 0.1) is 11.8 Å². The predicted octanol–water partition coefficient (Wildman–Crippen LogP) is 5.44. The van der Waals surface area contributed by atoms with Crippen LogP contribution in [0.3, 0.4) is 0 Å². The highest BCUT2D eigenvalue weighted by atomic mass is 35.5. The SMILES string of the molecule is Cc1ccc2c(c1)[C@@H](NC(=O)CSCc1c(F)cccc1Cl)CC(C)(C)O2. The summed E-state index contributed by atoms with van der Waals surface area (Å²) in [5.74, 6) is 0.985. The molecule has 0 aliphatic carbocycles. The molecular weight excluding hydrogens is 385 g/mol. The third-order valence-corrected chi connectivity index (χ3v) is 5.81. The molecule has 1 aliphatic heterocycles. The van der Waals surface area contributed by atoms with Crippen molar-refractivity contribution >= 4 is 29.3 Å². The molecule has 1 aliphatic rings. The van der Waals surface area contributed by atoms with Crippen LogP contribution in [0.15, 0.2) is 36.4 Å². The number of amides is 1. The number of hydrogen-bond donors (Lipinski definition) is 1. The van der Waals surface area contributed by atoms with Gasteiger partial charge in [-0.1, -0.05) is 35.4 Å². The molecular formula is C21H23ClFNO2S. The van der Waals surface area contributed by atoms with E-state index in [0.29, 0.717) is 22.8 Å². The summed E-state index contributed by atoms with van der Waals surface area (Å²) in [4.78, 5) is 12.5. The number of thioether (sulfide) groups is 1. The fourth-order valence-corrected chi connectivity index (χ4v) is 4.43. The van der Waals surface area contributed by atoms with E-state index in [1.54, 1.807) is 12.1 Å². The monoisotopic (exact) mass is 407 g/mol. The highest BCUT2D eigenvalue weighted by Gasteiger charge is 2.34. The lowest BCUT2D eigenvalue weighted by Crippen LogP contribution is -2.41. The maximum Gasteiger partial charge on any atom is 0.230 e. The third kappa shape index (κ3) is 4.96. The van der Waals surface area contributed by atoms with Gasteiger partial charge in [-0.2, -0.15) is 0 Å². The Balaban J connectivity index is 1.63. The zero-order valence-corrected chi connectivity index (χ0v) is 17.2. The van der Waals surface area contributed by atoms with E-state index in [4.69, 9.17) is 16.3 Å². The second-order valence-corrected chi connectivity index (χ2v) is 8.81. The first kappa shape index (κ1) is 20.0. The van der Waals surface area contributed by atoms with E-state index in [9.17, 15) is 9.18 Å². The van der Waals surface area contributed by atoms with Gasteiger partial charge < -0.3 is 10.1 Å².